The van der Waals surface area contributed by atoms with Crippen molar-refractivity contribution >= 4 is 21.4 Å². The summed E-state index contributed by atoms with van der Waals surface area (Å²) in [5, 5.41) is 2.91. The summed E-state index contributed by atoms with van der Waals surface area (Å²) in [4.78, 5) is 0. The van der Waals surface area contributed by atoms with E-state index in [-0.39, 0.29) is 5.56 Å². The minimum Gasteiger partial charge on any atom is -0.271 e. The summed E-state index contributed by atoms with van der Waals surface area (Å²) in [5.41, 5.74) is 3.63. The van der Waals surface area contributed by atoms with Crippen molar-refractivity contribution in [1.29, 1.82) is 0 Å². The molecule has 0 saturated heterocycles. The molecule has 0 aliphatic heterocycles. The Hall–Kier alpha value is -1.82. The molecule has 0 bridgehead atoms. The summed E-state index contributed by atoms with van der Waals surface area (Å²) in [6, 6.07) is 11.3. The monoisotopic (exact) mass is 290 g/mol. The quantitative estimate of drug-likeness (QED) is 0.570. The van der Waals surface area contributed by atoms with E-state index in [1.807, 2.05) is 29.6 Å². The van der Waals surface area contributed by atoms with Gasteiger partial charge in [0.1, 0.15) is 0 Å². The molecule has 102 valence electrons. The molecule has 5 heteroatoms. The van der Waals surface area contributed by atoms with Gasteiger partial charge in [-0.1, -0.05) is 30.3 Å². The maximum atomic E-state index is 14.0. The van der Waals surface area contributed by atoms with Crippen LogP contribution >= 0.6 is 11.3 Å². The average Bonchev–Trinajstić information content (AvgIpc) is 2.88. The Morgan fingerprint density at radius 1 is 1.00 bits per heavy atom. The third kappa shape index (κ3) is 2.10. The van der Waals surface area contributed by atoms with Crippen molar-refractivity contribution in [2.75, 3.05) is 0 Å². The van der Waals surface area contributed by atoms with Crippen LogP contribution in [0.4, 0.5) is 8.78 Å². The highest BCUT2D eigenvalue weighted by molar-refractivity contribution is 7.17. The number of hydrogen-bond donors (Lipinski definition) is 2. The lowest BCUT2D eigenvalue weighted by Gasteiger charge is -2.17. The lowest BCUT2D eigenvalue weighted by molar-refractivity contribution is 0.484. The molecule has 3 aromatic rings. The van der Waals surface area contributed by atoms with Gasteiger partial charge in [0.25, 0.3) is 0 Å². The Balaban J connectivity index is 2.17. The SMILES string of the molecule is NNC(c1cccc(F)c1F)c1csc2ccccc12. The van der Waals surface area contributed by atoms with Gasteiger partial charge in [-0.2, -0.15) is 0 Å². The van der Waals surface area contributed by atoms with Crippen LogP contribution in [0.2, 0.25) is 0 Å². The first-order valence-electron chi connectivity index (χ1n) is 6.08. The average molecular weight is 290 g/mol. The third-order valence-electron chi connectivity index (χ3n) is 3.28. The van der Waals surface area contributed by atoms with E-state index in [1.165, 1.54) is 12.1 Å². The van der Waals surface area contributed by atoms with Crippen LogP contribution in [0.3, 0.4) is 0 Å². The number of benzene rings is 2. The summed E-state index contributed by atoms with van der Waals surface area (Å²) in [6.45, 7) is 0. The molecule has 2 aromatic carbocycles. The summed E-state index contributed by atoms with van der Waals surface area (Å²) in [5.74, 6) is 3.83. The fourth-order valence-corrected chi connectivity index (χ4v) is 3.30. The van der Waals surface area contributed by atoms with Gasteiger partial charge in [0, 0.05) is 10.3 Å². The van der Waals surface area contributed by atoms with E-state index in [0.717, 1.165) is 21.7 Å². The number of nitrogens with two attached hydrogens (primary N) is 1. The van der Waals surface area contributed by atoms with Crippen LogP contribution in [-0.2, 0) is 0 Å². The van der Waals surface area contributed by atoms with Crippen LogP contribution in [-0.4, -0.2) is 0 Å². The van der Waals surface area contributed by atoms with E-state index in [2.05, 4.69) is 5.43 Å². The Morgan fingerprint density at radius 2 is 1.80 bits per heavy atom. The number of fused-ring (bicyclic) bond motifs is 1. The number of thiophene rings is 1. The Kier molecular flexibility index (Phi) is 3.48. The molecule has 0 saturated carbocycles. The predicted molar refractivity (Wildman–Crippen MR) is 77.3 cm³/mol. The molecule has 0 radical (unpaired) electrons. The van der Waals surface area contributed by atoms with Crippen LogP contribution in [0.25, 0.3) is 10.1 Å². The lowest BCUT2D eigenvalue weighted by Crippen LogP contribution is -2.29. The van der Waals surface area contributed by atoms with Crippen LogP contribution in [0.15, 0.2) is 47.8 Å². The van der Waals surface area contributed by atoms with Crippen LogP contribution in [0.5, 0.6) is 0 Å². The number of halogens is 2. The standard InChI is InChI=1S/C15H12F2N2S/c16-12-6-3-5-10(14(12)17)15(19-18)11-8-20-13-7-2-1-4-9(11)13/h1-8,15,19H,18H2. The molecule has 2 nitrogen and oxygen atoms in total. The molecular formula is C15H12F2N2S. The van der Waals surface area contributed by atoms with Crippen LogP contribution in [0, 0.1) is 11.6 Å². The van der Waals surface area contributed by atoms with Gasteiger partial charge in [0.05, 0.1) is 6.04 Å². The third-order valence-corrected chi connectivity index (χ3v) is 4.26. The second-order valence-electron chi connectivity index (χ2n) is 4.43. The van der Waals surface area contributed by atoms with Gasteiger partial charge in [-0.05, 0) is 28.5 Å². The zero-order valence-corrected chi connectivity index (χ0v) is 11.3. The van der Waals surface area contributed by atoms with E-state index in [0.29, 0.717) is 0 Å². The maximum Gasteiger partial charge on any atom is 0.163 e. The normalized spacial score (nSPS) is 12.8. The van der Waals surface area contributed by atoms with Gasteiger partial charge >= 0.3 is 0 Å². The van der Waals surface area contributed by atoms with Gasteiger partial charge in [-0.3, -0.25) is 5.84 Å². The zero-order chi connectivity index (χ0) is 14.1. The van der Waals surface area contributed by atoms with Gasteiger partial charge in [0.15, 0.2) is 11.6 Å². The van der Waals surface area contributed by atoms with Crippen molar-refractivity contribution in [3.8, 4) is 0 Å². The molecule has 1 aromatic heterocycles. The fraction of sp³-hybridized carbons (Fsp3) is 0.0667. The summed E-state index contributed by atoms with van der Waals surface area (Å²) >= 11 is 1.55. The van der Waals surface area contributed by atoms with Gasteiger partial charge in [-0.15, -0.1) is 11.3 Å². The summed E-state index contributed by atoms with van der Waals surface area (Å²) in [7, 11) is 0. The molecule has 3 N–H and O–H groups in total. The van der Waals surface area contributed by atoms with Crippen molar-refractivity contribution < 1.29 is 8.78 Å². The summed E-state index contributed by atoms with van der Waals surface area (Å²) in [6.07, 6.45) is 0. The van der Waals surface area contributed by atoms with Gasteiger partial charge in [0.2, 0.25) is 0 Å². The smallest absolute Gasteiger partial charge is 0.163 e. The molecule has 0 aliphatic rings. The minimum atomic E-state index is -0.873. The molecule has 1 atom stereocenters. The van der Waals surface area contributed by atoms with Crippen molar-refractivity contribution in [1.82, 2.24) is 5.43 Å². The topological polar surface area (TPSA) is 38.0 Å². The first kappa shape index (κ1) is 13.2. The van der Waals surface area contributed by atoms with E-state index in [1.54, 1.807) is 11.3 Å². The Morgan fingerprint density at radius 3 is 2.60 bits per heavy atom. The van der Waals surface area contributed by atoms with Crippen molar-refractivity contribution in [3.05, 3.63) is 70.6 Å². The zero-order valence-electron chi connectivity index (χ0n) is 10.4. The highest BCUT2D eigenvalue weighted by Crippen LogP contribution is 2.34. The minimum absolute atomic E-state index is 0.205. The first-order chi connectivity index (χ1) is 9.72. The molecule has 0 aliphatic carbocycles. The first-order valence-corrected chi connectivity index (χ1v) is 6.96. The molecule has 0 fully saturated rings. The largest absolute Gasteiger partial charge is 0.271 e. The summed E-state index contributed by atoms with van der Waals surface area (Å²) < 4.78 is 28.4. The molecule has 20 heavy (non-hydrogen) atoms. The van der Waals surface area contributed by atoms with Gasteiger partial charge < -0.3 is 0 Å². The molecule has 3 rings (SSSR count). The lowest BCUT2D eigenvalue weighted by atomic mass is 9.98. The van der Waals surface area contributed by atoms with E-state index < -0.39 is 17.7 Å². The number of hydrogen-bond acceptors (Lipinski definition) is 3. The number of rotatable bonds is 3. The van der Waals surface area contributed by atoms with Gasteiger partial charge in [-0.25, -0.2) is 14.2 Å². The second kappa shape index (κ2) is 5.28. The predicted octanol–water partition coefficient (Wildman–Crippen LogP) is 3.73. The van der Waals surface area contributed by atoms with Crippen molar-refractivity contribution in [2.24, 2.45) is 5.84 Å². The van der Waals surface area contributed by atoms with Crippen molar-refractivity contribution in [3.63, 3.8) is 0 Å². The fourth-order valence-electron chi connectivity index (χ4n) is 2.31. The highest BCUT2D eigenvalue weighted by Gasteiger charge is 2.21. The maximum absolute atomic E-state index is 14.0. The van der Waals surface area contributed by atoms with E-state index in [4.69, 9.17) is 5.84 Å². The molecule has 0 spiro atoms. The Labute approximate surface area is 118 Å². The molecule has 1 unspecified atom stereocenters. The van der Waals surface area contributed by atoms with E-state index >= 15 is 0 Å². The molecular weight excluding hydrogens is 278 g/mol. The highest BCUT2D eigenvalue weighted by atomic mass is 32.1. The van der Waals surface area contributed by atoms with Crippen LogP contribution < -0.4 is 11.3 Å². The molecule has 0 amide bonds. The van der Waals surface area contributed by atoms with Crippen LogP contribution in [0.1, 0.15) is 17.2 Å². The second-order valence-corrected chi connectivity index (χ2v) is 5.34. The Bertz CT molecular complexity index is 754. The number of hydrazine groups is 1. The number of nitrogens with one attached hydrogen (secondary N) is 1. The van der Waals surface area contributed by atoms with Crippen molar-refractivity contribution in [2.45, 2.75) is 6.04 Å². The van der Waals surface area contributed by atoms with E-state index in [9.17, 15) is 8.78 Å². The molecule has 1 heterocycles.